The standard InChI is InChI=1S/C21H22N6O/c1-21(2,3)17-13-18(27(25-17)20-22-10-6-11-23-20)24-19(28)15-7-5-8-16-14(15)9-12-26(16)4/h5-13H,1-4H3,(H,24,28). The van der Waals surface area contributed by atoms with Gasteiger partial charge in [-0.15, -0.1) is 0 Å². The van der Waals surface area contributed by atoms with Crippen molar-refractivity contribution in [3.63, 3.8) is 0 Å². The fourth-order valence-electron chi connectivity index (χ4n) is 3.07. The molecule has 0 atom stereocenters. The van der Waals surface area contributed by atoms with Gasteiger partial charge in [-0.3, -0.25) is 4.79 Å². The molecule has 28 heavy (non-hydrogen) atoms. The Morgan fingerprint density at radius 1 is 1.07 bits per heavy atom. The average Bonchev–Trinajstić information content (AvgIpc) is 3.26. The van der Waals surface area contributed by atoms with Crippen LogP contribution in [0, 0.1) is 0 Å². The van der Waals surface area contributed by atoms with Crippen LogP contribution in [-0.2, 0) is 12.5 Å². The van der Waals surface area contributed by atoms with E-state index >= 15 is 0 Å². The van der Waals surface area contributed by atoms with Crippen LogP contribution in [0.4, 0.5) is 5.82 Å². The lowest BCUT2D eigenvalue weighted by molar-refractivity contribution is 0.102. The highest BCUT2D eigenvalue weighted by molar-refractivity contribution is 6.12. The number of nitrogens with one attached hydrogen (secondary N) is 1. The summed E-state index contributed by atoms with van der Waals surface area (Å²) in [6.45, 7) is 6.21. The molecule has 1 N–H and O–H groups in total. The summed E-state index contributed by atoms with van der Waals surface area (Å²) in [4.78, 5) is 21.6. The molecule has 0 aliphatic carbocycles. The van der Waals surface area contributed by atoms with Crippen LogP contribution >= 0.6 is 0 Å². The van der Waals surface area contributed by atoms with E-state index in [-0.39, 0.29) is 11.3 Å². The van der Waals surface area contributed by atoms with Crippen molar-refractivity contribution in [3.8, 4) is 5.95 Å². The SMILES string of the molecule is Cn1ccc2c(C(=O)Nc3cc(C(C)(C)C)nn3-c3ncccn3)cccc21. The largest absolute Gasteiger partial charge is 0.351 e. The Morgan fingerprint density at radius 2 is 1.82 bits per heavy atom. The predicted molar refractivity (Wildman–Crippen MR) is 109 cm³/mol. The van der Waals surface area contributed by atoms with E-state index in [1.807, 2.05) is 48.1 Å². The van der Waals surface area contributed by atoms with E-state index in [1.54, 1.807) is 23.1 Å². The quantitative estimate of drug-likeness (QED) is 0.593. The molecular formula is C21H22N6O. The summed E-state index contributed by atoms with van der Waals surface area (Å²) in [6, 6.07) is 11.3. The summed E-state index contributed by atoms with van der Waals surface area (Å²) in [7, 11) is 1.96. The number of rotatable bonds is 3. The summed E-state index contributed by atoms with van der Waals surface area (Å²) < 4.78 is 3.56. The first kappa shape index (κ1) is 17.9. The maximum Gasteiger partial charge on any atom is 0.257 e. The molecule has 142 valence electrons. The number of carbonyl (C=O) groups excluding carboxylic acids is 1. The van der Waals surface area contributed by atoms with Crippen molar-refractivity contribution in [1.29, 1.82) is 0 Å². The predicted octanol–water partition coefficient (Wildman–Crippen LogP) is 3.70. The second-order valence-electron chi connectivity index (χ2n) is 7.74. The molecule has 0 radical (unpaired) electrons. The van der Waals surface area contributed by atoms with Gasteiger partial charge in [0.05, 0.1) is 5.69 Å². The van der Waals surface area contributed by atoms with Crippen LogP contribution in [0.2, 0.25) is 0 Å². The van der Waals surface area contributed by atoms with E-state index in [2.05, 4.69) is 41.2 Å². The Labute approximate surface area is 163 Å². The van der Waals surface area contributed by atoms with Crippen LogP contribution in [0.5, 0.6) is 0 Å². The zero-order chi connectivity index (χ0) is 19.9. The Balaban J connectivity index is 1.76. The van der Waals surface area contributed by atoms with Crippen LogP contribution in [0.15, 0.2) is 55.0 Å². The fourth-order valence-corrected chi connectivity index (χ4v) is 3.07. The third-order valence-electron chi connectivity index (χ3n) is 4.63. The normalized spacial score (nSPS) is 11.7. The number of hydrogen-bond donors (Lipinski definition) is 1. The zero-order valence-corrected chi connectivity index (χ0v) is 16.3. The lowest BCUT2D eigenvalue weighted by Crippen LogP contribution is -2.16. The van der Waals surface area contributed by atoms with Gasteiger partial charge in [-0.2, -0.15) is 9.78 Å². The van der Waals surface area contributed by atoms with Gasteiger partial charge in [-0.05, 0) is 24.3 Å². The van der Waals surface area contributed by atoms with Crippen LogP contribution in [-0.4, -0.2) is 30.2 Å². The highest BCUT2D eigenvalue weighted by Crippen LogP contribution is 2.26. The number of amides is 1. The molecule has 7 heteroatoms. The van der Waals surface area contributed by atoms with Crippen molar-refractivity contribution in [1.82, 2.24) is 24.3 Å². The second-order valence-corrected chi connectivity index (χ2v) is 7.74. The van der Waals surface area contributed by atoms with Crippen molar-refractivity contribution in [2.75, 3.05) is 5.32 Å². The third kappa shape index (κ3) is 3.15. The molecule has 0 fully saturated rings. The lowest BCUT2D eigenvalue weighted by atomic mass is 9.92. The number of hydrogen-bond acceptors (Lipinski definition) is 4. The molecule has 1 aromatic carbocycles. The van der Waals surface area contributed by atoms with Crippen molar-refractivity contribution >= 4 is 22.6 Å². The minimum atomic E-state index is -0.200. The summed E-state index contributed by atoms with van der Waals surface area (Å²) >= 11 is 0. The molecule has 4 rings (SSSR count). The summed E-state index contributed by atoms with van der Waals surface area (Å²) in [5, 5.41) is 8.53. The maximum atomic E-state index is 13.1. The Bertz CT molecular complexity index is 1150. The molecule has 0 spiro atoms. The number of fused-ring (bicyclic) bond motifs is 1. The van der Waals surface area contributed by atoms with Crippen molar-refractivity contribution in [2.24, 2.45) is 7.05 Å². The van der Waals surface area contributed by atoms with E-state index in [0.29, 0.717) is 17.3 Å². The van der Waals surface area contributed by atoms with Gasteiger partial charge in [0, 0.05) is 53.6 Å². The Hall–Kier alpha value is -3.48. The molecule has 0 unspecified atom stereocenters. The van der Waals surface area contributed by atoms with Crippen LogP contribution in [0.1, 0.15) is 36.8 Å². The highest BCUT2D eigenvalue weighted by atomic mass is 16.1. The van der Waals surface area contributed by atoms with Crippen molar-refractivity contribution in [2.45, 2.75) is 26.2 Å². The lowest BCUT2D eigenvalue weighted by Gasteiger charge is -2.13. The Kier molecular flexibility index (Phi) is 4.22. The molecule has 0 bridgehead atoms. The number of nitrogens with zero attached hydrogens (tertiary/aromatic N) is 5. The van der Waals surface area contributed by atoms with Gasteiger partial charge in [0.15, 0.2) is 0 Å². The van der Waals surface area contributed by atoms with E-state index in [9.17, 15) is 4.79 Å². The molecule has 7 nitrogen and oxygen atoms in total. The molecule has 0 aliphatic rings. The molecule has 0 aliphatic heterocycles. The average molecular weight is 374 g/mol. The van der Waals surface area contributed by atoms with Crippen LogP contribution < -0.4 is 5.32 Å². The van der Waals surface area contributed by atoms with Gasteiger partial charge in [-0.1, -0.05) is 26.8 Å². The third-order valence-corrected chi connectivity index (χ3v) is 4.63. The summed E-state index contributed by atoms with van der Waals surface area (Å²) in [6.07, 6.45) is 5.25. The van der Waals surface area contributed by atoms with Gasteiger partial charge in [0.1, 0.15) is 5.82 Å². The van der Waals surface area contributed by atoms with E-state index in [4.69, 9.17) is 0 Å². The molecule has 0 saturated heterocycles. The number of carbonyl (C=O) groups is 1. The Morgan fingerprint density at radius 3 is 2.54 bits per heavy atom. The molecule has 4 aromatic rings. The smallest absolute Gasteiger partial charge is 0.257 e. The fraction of sp³-hybridized carbons (Fsp3) is 0.238. The molecule has 3 heterocycles. The number of benzene rings is 1. The molecular weight excluding hydrogens is 352 g/mol. The van der Waals surface area contributed by atoms with Crippen molar-refractivity contribution in [3.05, 3.63) is 66.2 Å². The van der Waals surface area contributed by atoms with E-state index in [0.717, 1.165) is 16.6 Å². The summed E-state index contributed by atoms with van der Waals surface area (Å²) in [5.41, 5.74) is 2.27. The minimum Gasteiger partial charge on any atom is -0.351 e. The summed E-state index contributed by atoms with van der Waals surface area (Å²) in [5.74, 6) is 0.745. The van der Waals surface area contributed by atoms with Gasteiger partial charge < -0.3 is 9.88 Å². The first-order valence-corrected chi connectivity index (χ1v) is 9.08. The molecule has 1 amide bonds. The minimum absolute atomic E-state index is 0.182. The highest BCUT2D eigenvalue weighted by Gasteiger charge is 2.23. The van der Waals surface area contributed by atoms with Gasteiger partial charge >= 0.3 is 0 Å². The van der Waals surface area contributed by atoms with Gasteiger partial charge in [-0.25, -0.2) is 9.97 Å². The maximum absolute atomic E-state index is 13.1. The van der Waals surface area contributed by atoms with E-state index in [1.165, 1.54) is 0 Å². The van der Waals surface area contributed by atoms with Crippen LogP contribution in [0.25, 0.3) is 16.9 Å². The van der Waals surface area contributed by atoms with Gasteiger partial charge in [0.25, 0.3) is 11.9 Å². The number of aromatic nitrogens is 5. The monoisotopic (exact) mass is 374 g/mol. The number of anilines is 1. The van der Waals surface area contributed by atoms with Gasteiger partial charge in [0.2, 0.25) is 0 Å². The molecule has 3 aromatic heterocycles. The topological polar surface area (TPSA) is 77.6 Å². The first-order chi connectivity index (χ1) is 13.3. The van der Waals surface area contributed by atoms with Crippen molar-refractivity contribution < 1.29 is 4.79 Å². The number of aryl methyl sites for hydroxylation is 1. The second kappa shape index (κ2) is 6.60. The molecule has 0 saturated carbocycles. The van der Waals surface area contributed by atoms with Crippen LogP contribution in [0.3, 0.4) is 0 Å². The van der Waals surface area contributed by atoms with E-state index < -0.39 is 0 Å². The zero-order valence-electron chi connectivity index (χ0n) is 16.3. The first-order valence-electron chi connectivity index (χ1n) is 9.08.